The zero-order chi connectivity index (χ0) is 18.7. The van der Waals surface area contributed by atoms with Crippen LogP contribution >= 0.6 is 0 Å². The van der Waals surface area contributed by atoms with E-state index >= 15 is 0 Å². The number of rotatable bonds is 4. The zero-order valence-electron chi connectivity index (χ0n) is 15.6. The monoisotopic (exact) mass is 365 g/mol. The second-order valence-corrected chi connectivity index (χ2v) is 6.99. The topological polar surface area (TPSA) is 98.6 Å². The molecule has 0 saturated carbocycles. The van der Waals surface area contributed by atoms with Crippen molar-refractivity contribution >= 4 is 18.0 Å². The highest BCUT2D eigenvalue weighted by Gasteiger charge is 2.36. The zero-order valence-corrected chi connectivity index (χ0v) is 15.6. The number of nitrogens with zero attached hydrogens (tertiary/aromatic N) is 4. The van der Waals surface area contributed by atoms with Crippen molar-refractivity contribution in [2.75, 3.05) is 32.1 Å². The lowest BCUT2D eigenvalue weighted by atomic mass is 9.89. The largest absolute Gasteiger partial charge is 0.469 e. The van der Waals surface area contributed by atoms with Gasteiger partial charge in [-0.05, 0) is 32.2 Å². The number of esters is 1. The van der Waals surface area contributed by atoms with Gasteiger partial charge in [-0.15, -0.1) is 5.10 Å². The van der Waals surface area contributed by atoms with Crippen LogP contribution < -0.4 is 5.32 Å². The van der Waals surface area contributed by atoms with E-state index in [0.29, 0.717) is 19.1 Å². The summed E-state index contributed by atoms with van der Waals surface area (Å²) in [6, 6.07) is 0.284. The number of amides is 1. The number of hydrogen-bond donors (Lipinski definition) is 1. The van der Waals surface area contributed by atoms with Gasteiger partial charge < -0.3 is 9.47 Å². The minimum absolute atomic E-state index is 0.0564. The minimum atomic E-state index is -0.544. The molecule has 144 valence electrons. The first-order valence-corrected chi connectivity index (χ1v) is 9.21. The van der Waals surface area contributed by atoms with Crippen LogP contribution in [0.15, 0.2) is 0 Å². The number of carbonyl (C=O) groups excluding carboxylic acids is 2. The number of methoxy groups -OCH3 is 1. The maximum absolute atomic E-state index is 11.9. The van der Waals surface area contributed by atoms with Gasteiger partial charge in [0.25, 0.3) is 5.95 Å². The van der Waals surface area contributed by atoms with E-state index in [9.17, 15) is 9.59 Å². The number of likely N-dealkylation sites (tertiary alicyclic amines) is 1. The van der Waals surface area contributed by atoms with Crippen molar-refractivity contribution in [1.29, 1.82) is 0 Å². The van der Waals surface area contributed by atoms with Gasteiger partial charge >= 0.3 is 12.1 Å². The van der Waals surface area contributed by atoms with Gasteiger partial charge in [0.05, 0.1) is 26.2 Å². The molecule has 1 saturated heterocycles. The molecule has 0 spiro atoms. The highest BCUT2D eigenvalue weighted by molar-refractivity contribution is 5.82. The number of aromatic nitrogens is 3. The maximum atomic E-state index is 11.9. The van der Waals surface area contributed by atoms with Gasteiger partial charge in [0.15, 0.2) is 0 Å². The second kappa shape index (κ2) is 8.03. The Morgan fingerprint density at radius 3 is 2.88 bits per heavy atom. The Morgan fingerprint density at radius 1 is 1.35 bits per heavy atom. The SMILES string of the molecule is CCOC(=O)Nc1nc2n(n1)CC(N1CCCC(C(=O)OC)C1)C(C)C2. The molecule has 3 heterocycles. The van der Waals surface area contributed by atoms with Crippen LogP contribution in [0.3, 0.4) is 0 Å². The summed E-state index contributed by atoms with van der Waals surface area (Å²) < 4.78 is 11.6. The van der Waals surface area contributed by atoms with Crippen LogP contribution in [0.25, 0.3) is 0 Å². The lowest BCUT2D eigenvalue weighted by Crippen LogP contribution is -2.51. The summed E-state index contributed by atoms with van der Waals surface area (Å²) in [6.07, 6.45) is 2.11. The molecule has 9 nitrogen and oxygen atoms in total. The predicted molar refractivity (Wildman–Crippen MR) is 93.6 cm³/mol. The fourth-order valence-corrected chi connectivity index (χ4v) is 3.91. The lowest BCUT2D eigenvalue weighted by molar-refractivity contribution is -0.148. The molecule has 1 fully saturated rings. The Kier molecular flexibility index (Phi) is 5.75. The minimum Gasteiger partial charge on any atom is -0.469 e. The van der Waals surface area contributed by atoms with Gasteiger partial charge in [-0.2, -0.15) is 4.98 Å². The van der Waals surface area contributed by atoms with Crippen LogP contribution in [0.4, 0.5) is 10.7 Å². The van der Waals surface area contributed by atoms with Crippen molar-refractivity contribution in [2.24, 2.45) is 11.8 Å². The van der Waals surface area contributed by atoms with Crippen LogP contribution in [0.1, 0.15) is 32.5 Å². The molecular weight excluding hydrogens is 338 g/mol. The van der Waals surface area contributed by atoms with E-state index in [-0.39, 0.29) is 23.9 Å². The third kappa shape index (κ3) is 3.98. The average molecular weight is 365 g/mol. The highest BCUT2D eigenvalue weighted by atomic mass is 16.5. The van der Waals surface area contributed by atoms with Crippen LogP contribution in [-0.2, 0) is 27.2 Å². The number of carbonyl (C=O) groups is 2. The van der Waals surface area contributed by atoms with E-state index in [1.165, 1.54) is 7.11 Å². The van der Waals surface area contributed by atoms with Crippen LogP contribution in [0.2, 0.25) is 0 Å². The van der Waals surface area contributed by atoms with Gasteiger partial charge in [0.1, 0.15) is 5.82 Å². The van der Waals surface area contributed by atoms with Gasteiger partial charge in [-0.3, -0.25) is 15.0 Å². The molecular formula is C17H27N5O4. The predicted octanol–water partition coefficient (Wildman–Crippen LogP) is 1.29. The molecule has 0 aliphatic carbocycles. The third-order valence-corrected chi connectivity index (χ3v) is 5.22. The van der Waals surface area contributed by atoms with E-state index in [0.717, 1.165) is 38.2 Å². The van der Waals surface area contributed by atoms with Crippen molar-refractivity contribution in [2.45, 2.75) is 45.7 Å². The highest BCUT2D eigenvalue weighted by Crippen LogP contribution is 2.28. The van der Waals surface area contributed by atoms with Crippen molar-refractivity contribution in [3.8, 4) is 0 Å². The summed E-state index contributed by atoms with van der Waals surface area (Å²) in [4.78, 5) is 30.2. The quantitative estimate of drug-likeness (QED) is 0.803. The molecule has 1 amide bonds. The number of nitrogens with one attached hydrogen (secondary N) is 1. The van der Waals surface area contributed by atoms with E-state index in [2.05, 4.69) is 27.2 Å². The van der Waals surface area contributed by atoms with Crippen LogP contribution in [0, 0.1) is 11.8 Å². The first-order valence-electron chi connectivity index (χ1n) is 9.21. The van der Waals surface area contributed by atoms with E-state index in [1.54, 1.807) is 6.92 Å². The first kappa shape index (κ1) is 18.6. The summed E-state index contributed by atoms with van der Waals surface area (Å²) in [5.74, 6) is 1.35. The Labute approximate surface area is 153 Å². The molecule has 3 unspecified atom stereocenters. The molecule has 0 aromatic carbocycles. The lowest BCUT2D eigenvalue weighted by Gasteiger charge is -2.41. The molecule has 1 aromatic heterocycles. The summed E-state index contributed by atoms with van der Waals surface area (Å²) in [7, 11) is 1.45. The van der Waals surface area contributed by atoms with E-state index < -0.39 is 6.09 Å². The summed E-state index contributed by atoms with van der Waals surface area (Å²) in [5, 5.41) is 6.96. The molecule has 2 aliphatic heterocycles. The van der Waals surface area contributed by atoms with Gasteiger partial charge in [0.2, 0.25) is 0 Å². The molecule has 0 radical (unpaired) electrons. The molecule has 1 N–H and O–H groups in total. The number of piperidine rings is 1. The summed E-state index contributed by atoms with van der Waals surface area (Å²) in [5.41, 5.74) is 0. The number of fused-ring (bicyclic) bond motifs is 1. The number of hydrogen-bond acceptors (Lipinski definition) is 7. The summed E-state index contributed by atoms with van der Waals surface area (Å²) >= 11 is 0. The van der Waals surface area contributed by atoms with Gasteiger partial charge in [-0.1, -0.05) is 6.92 Å². The Hall–Kier alpha value is -2.16. The van der Waals surface area contributed by atoms with Crippen LogP contribution in [0.5, 0.6) is 0 Å². The van der Waals surface area contributed by atoms with Crippen molar-refractivity contribution in [3.05, 3.63) is 5.82 Å². The molecule has 9 heteroatoms. The van der Waals surface area contributed by atoms with Gasteiger partial charge in [-0.25, -0.2) is 9.48 Å². The average Bonchev–Trinajstić information content (AvgIpc) is 3.01. The molecule has 0 bridgehead atoms. The fourth-order valence-electron chi connectivity index (χ4n) is 3.91. The van der Waals surface area contributed by atoms with Crippen molar-refractivity contribution in [3.63, 3.8) is 0 Å². The van der Waals surface area contributed by atoms with E-state index in [4.69, 9.17) is 9.47 Å². The molecule has 3 rings (SSSR count). The fraction of sp³-hybridized carbons (Fsp3) is 0.765. The Balaban J connectivity index is 1.68. The Morgan fingerprint density at radius 2 is 2.15 bits per heavy atom. The standard InChI is InChI=1S/C17H27N5O4/c1-4-26-17(24)19-16-18-14-8-11(2)13(10-22(14)20-16)21-7-5-6-12(9-21)15(23)25-3/h11-13H,4-10H2,1-3H3,(H,19,20,24). The maximum Gasteiger partial charge on any atom is 0.414 e. The van der Waals surface area contributed by atoms with Gasteiger partial charge in [0, 0.05) is 19.0 Å². The van der Waals surface area contributed by atoms with Crippen molar-refractivity contribution in [1.82, 2.24) is 19.7 Å². The molecule has 2 aliphatic rings. The molecule has 3 atom stereocenters. The summed E-state index contributed by atoms with van der Waals surface area (Å²) in [6.45, 7) is 6.64. The molecule has 26 heavy (non-hydrogen) atoms. The van der Waals surface area contributed by atoms with Crippen LogP contribution in [-0.4, -0.2) is 64.6 Å². The third-order valence-electron chi connectivity index (χ3n) is 5.22. The Bertz CT molecular complexity index is 662. The second-order valence-electron chi connectivity index (χ2n) is 6.99. The van der Waals surface area contributed by atoms with E-state index in [1.807, 2.05) is 4.68 Å². The van der Waals surface area contributed by atoms with Crippen molar-refractivity contribution < 1.29 is 19.1 Å². The normalized spacial score (nSPS) is 26.0. The first-order chi connectivity index (χ1) is 12.5. The smallest absolute Gasteiger partial charge is 0.414 e. The molecule has 1 aromatic rings. The number of anilines is 1. The number of ether oxygens (including phenoxy) is 2.